The molecule has 0 spiro atoms. The van der Waals surface area contributed by atoms with Crippen LogP contribution in [0.15, 0.2) is 54.6 Å². The smallest absolute Gasteiger partial charge is 0.253 e. The third-order valence-corrected chi connectivity index (χ3v) is 5.30. The molecule has 1 heterocycles. The molecule has 0 bridgehead atoms. The molecule has 5 heteroatoms. The molecule has 5 nitrogen and oxygen atoms in total. The molecule has 2 aromatic rings. The maximum atomic E-state index is 12.8. The molecule has 0 saturated carbocycles. The van der Waals surface area contributed by atoms with Gasteiger partial charge in [0.1, 0.15) is 0 Å². The second-order valence-corrected chi connectivity index (χ2v) is 7.45. The van der Waals surface area contributed by atoms with E-state index >= 15 is 0 Å². The summed E-state index contributed by atoms with van der Waals surface area (Å²) in [5.41, 5.74) is 2.30. The number of amides is 2. The number of benzene rings is 2. The van der Waals surface area contributed by atoms with E-state index in [0.717, 1.165) is 38.2 Å². The molecule has 0 atom stereocenters. The zero-order valence-corrected chi connectivity index (χ0v) is 16.7. The summed E-state index contributed by atoms with van der Waals surface area (Å²) in [4.78, 5) is 29.2. The average Bonchev–Trinajstić information content (AvgIpc) is 2.73. The first-order valence-corrected chi connectivity index (χ1v) is 10.1. The summed E-state index contributed by atoms with van der Waals surface area (Å²) in [7, 11) is 0. The minimum absolute atomic E-state index is 0.0440. The summed E-state index contributed by atoms with van der Waals surface area (Å²) >= 11 is 0. The summed E-state index contributed by atoms with van der Waals surface area (Å²) < 4.78 is 0. The van der Waals surface area contributed by atoms with E-state index in [1.54, 1.807) is 6.07 Å². The summed E-state index contributed by atoms with van der Waals surface area (Å²) in [6.07, 6.45) is 2.10. The van der Waals surface area contributed by atoms with E-state index in [9.17, 15) is 9.59 Å². The van der Waals surface area contributed by atoms with E-state index in [2.05, 4.69) is 12.2 Å². The predicted molar refractivity (Wildman–Crippen MR) is 114 cm³/mol. The zero-order valence-electron chi connectivity index (χ0n) is 16.7. The Morgan fingerprint density at radius 3 is 2.46 bits per heavy atom. The number of nitrogens with one attached hydrogen (secondary N) is 1. The molecule has 2 aromatic carbocycles. The van der Waals surface area contributed by atoms with Crippen molar-refractivity contribution in [3.05, 3.63) is 60.2 Å². The molecule has 148 valence electrons. The highest BCUT2D eigenvalue weighted by atomic mass is 16.2. The number of carbonyl (C=O) groups is 2. The Morgan fingerprint density at radius 2 is 1.79 bits per heavy atom. The van der Waals surface area contributed by atoms with Gasteiger partial charge < -0.3 is 15.1 Å². The highest BCUT2D eigenvalue weighted by molar-refractivity contribution is 5.98. The highest BCUT2D eigenvalue weighted by Crippen LogP contribution is 2.20. The van der Waals surface area contributed by atoms with Gasteiger partial charge in [-0.15, -0.1) is 0 Å². The second-order valence-electron chi connectivity index (χ2n) is 7.45. The lowest BCUT2D eigenvalue weighted by atomic mass is 9.98. The highest BCUT2D eigenvalue weighted by Gasteiger charge is 2.21. The van der Waals surface area contributed by atoms with Crippen LogP contribution in [-0.4, -0.2) is 42.9 Å². The van der Waals surface area contributed by atoms with Gasteiger partial charge in [-0.25, -0.2) is 0 Å². The Hall–Kier alpha value is -2.82. The molecule has 1 N–H and O–H groups in total. The fraction of sp³-hybridized carbons (Fsp3) is 0.391. The first kappa shape index (κ1) is 19.9. The first-order valence-electron chi connectivity index (χ1n) is 10.1. The van der Waals surface area contributed by atoms with Crippen molar-refractivity contribution in [2.24, 2.45) is 5.92 Å². The minimum Gasteiger partial charge on any atom is -0.362 e. The van der Waals surface area contributed by atoms with Crippen molar-refractivity contribution >= 4 is 23.2 Å². The Bertz CT molecular complexity index is 799. The van der Waals surface area contributed by atoms with E-state index in [-0.39, 0.29) is 18.4 Å². The monoisotopic (exact) mass is 379 g/mol. The maximum Gasteiger partial charge on any atom is 0.253 e. The molecule has 0 aliphatic carbocycles. The Morgan fingerprint density at radius 1 is 1.07 bits per heavy atom. The van der Waals surface area contributed by atoms with Crippen molar-refractivity contribution in [1.82, 2.24) is 4.90 Å². The largest absolute Gasteiger partial charge is 0.362 e. The third kappa shape index (κ3) is 5.12. The summed E-state index contributed by atoms with van der Waals surface area (Å²) in [6.45, 7) is 6.87. The molecular formula is C23H29N3O2. The Kier molecular flexibility index (Phi) is 6.69. The summed E-state index contributed by atoms with van der Waals surface area (Å²) in [5.74, 6) is 0.630. The lowest BCUT2D eigenvalue weighted by Crippen LogP contribution is -2.38. The molecule has 3 rings (SSSR count). The van der Waals surface area contributed by atoms with Crippen LogP contribution in [0.4, 0.5) is 11.4 Å². The van der Waals surface area contributed by atoms with Gasteiger partial charge in [-0.2, -0.15) is 0 Å². The van der Waals surface area contributed by atoms with Crippen LogP contribution >= 0.6 is 0 Å². The number of anilines is 2. The third-order valence-electron chi connectivity index (χ3n) is 5.30. The summed E-state index contributed by atoms with van der Waals surface area (Å²) in [5, 5.41) is 2.93. The van der Waals surface area contributed by atoms with Gasteiger partial charge in [0.2, 0.25) is 5.91 Å². The predicted octanol–water partition coefficient (Wildman–Crippen LogP) is 4.02. The van der Waals surface area contributed by atoms with E-state index in [1.807, 2.05) is 65.3 Å². The quantitative estimate of drug-likeness (QED) is 0.825. The zero-order chi connectivity index (χ0) is 19.9. The van der Waals surface area contributed by atoms with Gasteiger partial charge >= 0.3 is 0 Å². The molecule has 1 saturated heterocycles. The van der Waals surface area contributed by atoms with Gasteiger partial charge in [0.25, 0.3) is 5.91 Å². The SMILES string of the molecule is CCN(CC(=O)Nc1cccc(C(=O)N2CCC(C)CC2)c1)c1ccccc1. The van der Waals surface area contributed by atoms with Gasteiger partial charge in [-0.05, 0) is 56.0 Å². The topological polar surface area (TPSA) is 52.7 Å². The lowest BCUT2D eigenvalue weighted by molar-refractivity contribution is -0.115. The normalized spacial score (nSPS) is 14.6. The van der Waals surface area contributed by atoms with Gasteiger partial charge in [0.05, 0.1) is 6.54 Å². The van der Waals surface area contributed by atoms with Crippen LogP contribution in [0.5, 0.6) is 0 Å². The van der Waals surface area contributed by atoms with Crippen LogP contribution < -0.4 is 10.2 Å². The first-order chi connectivity index (χ1) is 13.6. The Balaban J connectivity index is 1.62. The second kappa shape index (κ2) is 9.40. The Labute approximate surface area is 167 Å². The number of piperidine rings is 1. The number of hydrogen-bond acceptors (Lipinski definition) is 3. The molecule has 28 heavy (non-hydrogen) atoms. The minimum atomic E-state index is -0.0953. The molecule has 2 amide bonds. The lowest BCUT2D eigenvalue weighted by Gasteiger charge is -2.30. The van der Waals surface area contributed by atoms with Gasteiger partial charge in [-0.3, -0.25) is 9.59 Å². The molecule has 1 aliphatic rings. The van der Waals surface area contributed by atoms with Crippen LogP contribution in [0.25, 0.3) is 0 Å². The fourth-order valence-electron chi connectivity index (χ4n) is 3.52. The molecule has 0 unspecified atom stereocenters. The number of rotatable bonds is 6. The van der Waals surface area contributed by atoms with Crippen molar-refractivity contribution in [3.8, 4) is 0 Å². The van der Waals surface area contributed by atoms with E-state index in [4.69, 9.17) is 0 Å². The van der Waals surface area contributed by atoms with E-state index < -0.39 is 0 Å². The van der Waals surface area contributed by atoms with E-state index in [0.29, 0.717) is 17.2 Å². The number of likely N-dealkylation sites (N-methyl/N-ethyl adjacent to an activating group) is 1. The number of para-hydroxylation sites is 1. The van der Waals surface area contributed by atoms with Crippen LogP contribution in [0.1, 0.15) is 37.0 Å². The van der Waals surface area contributed by atoms with Crippen molar-refractivity contribution in [2.45, 2.75) is 26.7 Å². The van der Waals surface area contributed by atoms with Crippen LogP contribution in [0.2, 0.25) is 0 Å². The van der Waals surface area contributed by atoms with Crippen molar-refractivity contribution in [2.75, 3.05) is 36.4 Å². The number of carbonyl (C=O) groups excluding carboxylic acids is 2. The van der Waals surface area contributed by atoms with Crippen LogP contribution in [0, 0.1) is 5.92 Å². The number of likely N-dealkylation sites (tertiary alicyclic amines) is 1. The standard InChI is InChI=1S/C23H29N3O2/c1-3-25(21-10-5-4-6-11-21)17-22(27)24-20-9-7-8-19(16-20)23(28)26-14-12-18(2)13-15-26/h4-11,16,18H,3,12-15,17H2,1-2H3,(H,24,27). The van der Waals surface area contributed by atoms with Crippen LogP contribution in [0.3, 0.4) is 0 Å². The number of nitrogens with zero attached hydrogens (tertiary/aromatic N) is 2. The van der Waals surface area contributed by atoms with E-state index in [1.165, 1.54) is 0 Å². The molecular weight excluding hydrogens is 350 g/mol. The average molecular weight is 380 g/mol. The molecule has 1 fully saturated rings. The van der Waals surface area contributed by atoms with Crippen molar-refractivity contribution in [1.29, 1.82) is 0 Å². The fourth-order valence-corrected chi connectivity index (χ4v) is 3.52. The maximum absolute atomic E-state index is 12.8. The molecule has 0 radical (unpaired) electrons. The van der Waals surface area contributed by atoms with Crippen molar-refractivity contribution < 1.29 is 9.59 Å². The van der Waals surface area contributed by atoms with Gasteiger partial charge in [0.15, 0.2) is 0 Å². The number of hydrogen-bond donors (Lipinski definition) is 1. The molecule has 0 aromatic heterocycles. The van der Waals surface area contributed by atoms with Gasteiger partial charge in [0, 0.05) is 36.6 Å². The summed E-state index contributed by atoms with van der Waals surface area (Å²) in [6, 6.07) is 17.1. The van der Waals surface area contributed by atoms with Gasteiger partial charge in [-0.1, -0.05) is 31.2 Å². The molecule has 1 aliphatic heterocycles. The van der Waals surface area contributed by atoms with Crippen LogP contribution in [-0.2, 0) is 4.79 Å². The van der Waals surface area contributed by atoms with Crippen molar-refractivity contribution in [3.63, 3.8) is 0 Å².